The maximum absolute atomic E-state index is 12.8. The van der Waals surface area contributed by atoms with Crippen LogP contribution in [0.1, 0.15) is 38.7 Å². The van der Waals surface area contributed by atoms with E-state index in [0.29, 0.717) is 47.6 Å². The lowest BCUT2D eigenvalue weighted by molar-refractivity contribution is 0.101. The van der Waals surface area contributed by atoms with Crippen molar-refractivity contribution in [3.8, 4) is 40.0 Å². The number of unbranched alkanes of at least 4 members (excludes halogenated alkanes) is 2. The van der Waals surface area contributed by atoms with E-state index in [-0.39, 0.29) is 13.4 Å². The largest absolute Gasteiger partial charge is 0.515 e. The summed E-state index contributed by atoms with van der Waals surface area (Å²) in [5.74, 6) is 2.88. The van der Waals surface area contributed by atoms with Crippen molar-refractivity contribution < 1.29 is 33.2 Å². The van der Waals surface area contributed by atoms with Crippen LogP contribution in [-0.2, 0) is 11.3 Å². The molecule has 0 unspecified atom stereocenters. The molecule has 0 fully saturated rings. The van der Waals surface area contributed by atoms with Crippen molar-refractivity contribution in [2.24, 2.45) is 0 Å². The Bertz CT molecular complexity index is 1750. The molecule has 0 amide bonds. The SMILES string of the molecule is CCCCCOc1cc2c(cc1OC)c(-c1ccc3nsnc3c1)c(OC(=O)OCC)n2Cc1ccc2c(c1)OCO2. The number of ether oxygens (including phenoxy) is 6. The van der Waals surface area contributed by atoms with Gasteiger partial charge in [0.25, 0.3) is 0 Å². The van der Waals surface area contributed by atoms with Gasteiger partial charge < -0.3 is 33.0 Å². The minimum Gasteiger partial charge on any atom is -0.493 e. The van der Waals surface area contributed by atoms with Crippen molar-refractivity contribution in [1.82, 2.24) is 13.3 Å². The topological polar surface area (TPSA) is 103 Å². The fourth-order valence-corrected chi connectivity index (χ4v) is 5.58. The molecule has 2 aromatic heterocycles. The van der Waals surface area contributed by atoms with E-state index >= 15 is 0 Å². The number of carbonyl (C=O) groups is 1. The van der Waals surface area contributed by atoms with Gasteiger partial charge >= 0.3 is 6.16 Å². The average Bonchev–Trinajstić information content (AvgIpc) is 3.72. The van der Waals surface area contributed by atoms with E-state index in [2.05, 4.69) is 15.7 Å². The number of aromatic nitrogens is 3. The highest BCUT2D eigenvalue weighted by molar-refractivity contribution is 7.00. The second-order valence-corrected chi connectivity index (χ2v) is 10.3. The first-order valence-electron chi connectivity index (χ1n) is 13.9. The van der Waals surface area contributed by atoms with Crippen molar-refractivity contribution in [2.75, 3.05) is 27.1 Å². The Kier molecular flexibility index (Phi) is 8.00. The third-order valence-electron chi connectivity index (χ3n) is 7.07. The average molecular weight is 590 g/mol. The molecule has 218 valence electrons. The Morgan fingerprint density at radius 3 is 2.67 bits per heavy atom. The minimum absolute atomic E-state index is 0.177. The Hall–Kier alpha value is -4.51. The molecule has 42 heavy (non-hydrogen) atoms. The molecular formula is C31H31N3O7S. The summed E-state index contributed by atoms with van der Waals surface area (Å²) in [6.07, 6.45) is 2.29. The van der Waals surface area contributed by atoms with Crippen molar-refractivity contribution in [2.45, 2.75) is 39.7 Å². The van der Waals surface area contributed by atoms with Gasteiger partial charge in [-0.3, -0.25) is 0 Å². The Labute approximate surface area is 247 Å². The Morgan fingerprint density at radius 1 is 0.976 bits per heavy atom. The molecule has 3 aromatic carbocycles. The van der Waals surface area contributed by atoms with E-state index in [9.17, 15) is 4.79 Å². The lowest BCUT2D eigenvalue weighted by Gasteiger charge is -2.14. The monoisotopic (exact) mass is 589 g/mol. The minimum atomic E-state index is -0.798. The predicted octanol–water partition coefficient (Wildman–Crippen LogP) is 7.20. The molecule has 0 spiro atoms. The lowest BCUT2D eigenvalue weighted by atomic mass is 10.0. The van der Waals surface area contributed by atoms with Crippen molar-refractivity contribution in [1.29, 1.82) is 0 Å². The molecule has 0 radical (unpaired) electrons. The number of fused-ring (bicyclic) bond motifs is 3. The summed E-state index contributed by atoms with van der Waals surface area (Å²) in [4.78, 5) is 12.8. The van der Waals surface area contributed by atoms with E-state index in [4.69, 9.17) is 28.4 Å². The van der Waals surface area contributed by atoms with Gasteiger partial charge in [-0.2, -0.15) is 8.75 Å². The van der Waals surface area contributed by atoms with Gasteiger partial charge in [0.15, 0.2) is 23.0 Å². The molecule has 11 heteroatoms. The first-order chi connectivity index (χ1) is 20.6. The first-order valence-corrected chi connectivity index (χ1v) is 14.7. The van der Waals surface area contributed by atoms with Crippen molar-refractivity contribution >= 4 is 39.8 Å². The number of benzene rings is 3. The van der Waals surface area contributed by atoms with Crippen LogP contribution in [0.3, 0.4) is 0 Å². The molecular weight excluding hydrogens is 558 g/mol. The van der Waals surface area contributed by atoms with E-state index < -0.39 is 6.16 Å². The van der Waals surface area contributed by atoms with Gasteiger partial charge in [-0.15, -0.1) is 0 Å². The van der Waals surface area contributed by atoms with Gasteiger partial charge in [0.2, 0.25) is 12.7 Å². The number of rotatable bonds is 11. The number of hydrogen-bond acceptors (Lipinski definition) is 10. The molecule has 0 N–H and O–H groups in total. The lowest BCUT2D eigenvalue weighted by Crippen LogP contribution is -2.14. The van der Waals surface area contributed by atoms with E-state index in [1.807, 2.05) is 53.1 Å². The molecule has 0 aliphatic carbocycles. The molecule has 0 saturated heterocycles. The highest BCUT2D eigenvalue weighted by Gasteiger charge is 2.26. The second kappa shape index (κ2) is 12.2. The Balaban J connectivity index is 1.56. The standard InChI is InChI=1S/C31H31N3O7S/c1-4-6-7-12-38-28-16-24-21(15-26(28)36-3)29(20-9-10-22-23(14-20)33-42-32-22)30(41-31(35)37-5-2)34(24)17-19-8-11-25-27(13-19)40-18-39-25/h8-11,13-16H,4-7,12,17-18H2,1-3H3. The maximum Gasteiger partial charge on any atom is 0.515 e. The predicted molar refractivity (Wildman–Crippen MR) is 159 cm³/mol. The van der Waals surface area contributed by atoms with Gasteiger partial charge in [0.1, 0.15) is 11.0 Å². The summed E-state index contributed by atoms with van der Waals surface area (Å²) >= 11 is 1.15. The van der Waals surface area contributed by atoms with Crippen molar-refractivity contribution in [3.63, 3.8) is 0 Å². The van der Waals surface area contributed by atoms with E-state index in [1.165, 1.54) is 0 Å². The van der Waals surface area contributed by atoms with Gasteiger partial charge in [0, 0.05) is 11.5 Å². The zero-order chi connectivity index (χ0) is 29.1. The molecule has 5 aromatic rings. The zero-order valence-electron chi connectivity index (χ0n) is 23.7. The van der Waals surface area contributed by atoms with Crippen LogP contribution >= 0.6 is 11.7 Å². The smallest absolute Gasteiger partial charge is 0.493 e. The van der Waals surface area contributed by atoms with E-state index in [1.54, 1.807) is 14.0 Å². The molecule has 3 heterocycles. The van der Waals surface area contributed by atoms with Crippen LogP contribution in [0.5, 0.6) is 28.9 Å². The Morgan fingerprint density at radius 2 is 1.83 bits per heavy atom. The summed E-state index contributed by atoms with van der Waals surface area (Å²) in [7, 11) is 1.62. The molecule has 0 bridgehead atoms. The summed E-state index contributed by atoms with van der Waals surface area (Å²) in [5.41, 5.74) is 4.77. The van der Waals surface area contributed by atoms with Gasteiger partial charge in [-0.25, -0.2) is 4.79 Å². The van der Waals surface area contributed by atoms with Crippen LogP contribution in [0.25, 0.3) is 33.1 Å². The quantitative estimate of drug-likeness (QED) is 0.117. The molecule has 10 nitrogen and oxygen atoms in total. The molecule has 1 aliphatic heterocycles. The van der Waals surface area contributed by atoms with Crippen LogP contribution in [0.4, 0.5) is 4.79 Å². The summed E-state index contributed by atoms with van der Waals surface area (Å²) in [6, 6.07) is 15.4. The zero-order valence-corrected chi connectivity index (χ0v) is 24.5. The molecule has 0 atom stereocenters. The van der Waals surface area contributed by atoms with Crippen LogP contribution in [-0.4, -0.2) is 46.6 Å². The van der Waals surface area contributed by atoms with Crippen LogP contribution in [0.15, 0.2) is 48.5 Å². The van der Waals surface area contributed by atoms with Crippen molar-refractivity contribution in [3.05, 3.63) is 54.1 Å². The van der Waals surface area contributed by atoms with Gasteiger partial charge in [-0.05, 0) is 54.8 Å². The third-order valence-corrected chi connectivity index (χ3v) is 7.63. The highest BCUT2D eigenvalue weighted by atomic mass is 32.1. The van der Waals surface area contributed by atoms with E-state index in [0.717, 1.165) is 64.1 Å². The van der Waals surface area contributed by atoms with Gasteiger partial charge in [0.05, 0.1) is 49.7 Å². The summed E-state index contributed by atoms with van der Waals surface area (Å²) in [5, 5.41) is 0.815. The second-order valence-electron chi connectivity index (χ2n) is 9.78. The molecule has 0 saturated carbocycles. The highest BCUT2D eigenvalue weighted by Crippen LogP contribution is 2.46. The number of nitrogens with zero attached hydrogens (tertiary/aromatic N) is 3. The fraction of sp³-hybridized carbons (Fsp3) is 0.323. The van der Waals surface area contributed by atoms with Gasteiger partial charge in [-0.1, -0.05) is 31.9 Å². The molecule has 1 aliphatic rings. The fourth-order valence-electron chi connectivity index (χ4n) is 5.07. The number of methoxy groups -OCH3 is 1. The first kappa shape index (κ1) is 27.6. The normalized spacial score (nSPS) is 12.2. The van der Waals surface area contributed by atoms with Crippen LogP contribution in [0, 0.1) is 0 Å². The van der Waals surface area contributed by atoms with Crippen LogP contribution in [0.2, 0.25) is 0 Å². The van der Waals surface area contributed by atoms with Crippen LogP contribution < -0.4 is 23.7 Å². The number of hydrogen-bond donors (Lipinski definition) is 0. The summed E-state index contributed by atoms with van der Waals surface area (Å²) < 4.78 is 45.0. The number of carbonyl (C=O) groups excluding carboxylic acids is 1. The maximum atomic E-state index is 12.8. The summed E-state index contributed by atoms with van der Waals surface area (Å²) in [6.45, 7) is 5.17. The third kappa shape index (κ3) is 5.39. The molecule has 6 rings (SSSR count).